The van der Waals surface area contributed by atoms with Gasteiger partial charge in [0.25, 0.3) is 0 Å². The van der Waals surface area contributed by atoms with Crippen molar-refractivity contribution in [1.82, 2.24) is 5.32 Å². The molecule has 5 nitrogen and oxygen atoms in total. The second-order valence-electron chi connectivity index (χ2n) is 7.49. The van der Waals surface area contributed by atoms with E-state index in [1.807, 2.05) is 25.1 Å². The molecular weight excluding hydrogens is 354 g/mol. The minimum Gasteiger partial charge on any atom is -0.507 e. The molecule has 4 rings (SSSR count). The zero-order valence-electron chi connectivity index (χ0n) is 16.2. The number of carbonyl (C=O) groups excluding carboxylic acids is 1. The first-order chi connectivity index (χ1) is 13.5. The highest BCUT2D eigenvalue weighted by Gasteiger charge is 2.44. The van der Waals surface area contributed by atoms with Gasteiger partial charge in [-0.25, -0.2) is 0 Å². The molecule has 146 valence electrons. The predicted molar refractivity (Wildman–Crippen MR) is 107 cm³/mol. The van der Waals surface area contributed by atoms with Crippen LogP contribution in [-0.4, -0.2) is 29.8 Å². The van der Waals surface area contributed by atoms with Gasteiger partial charge in [0.15, 0.2) is 0 Å². The first-order valence-corrected chi connectivity index (χ1v) is 9.65. The molecule has 0 radical (unpaired) electrons. The lowest BCUT2D eigenvalue weighted by molar-refractivity contribution is -0.131. The van der Waals surface area contributed by atoms with E-state index in [-0.39, 0.29) is 17.8 Å². The molecule has 0 saturated carbocycles. The number of phenolic OH excluding ortho intramolecular Hbond substituents is 1. The van der Waals surface area contributed by atoms with Crippen LogP contribution in [0.15, 0.2) is 48.5 Å². The number of benzene rings is 2. The van der Waals surface area contributed by atoms with Gasteiger partial charge in [0.05, 0.1) is 12.6 Å². The summed E-state index contributed by atoms with van der Waals surface area (Å²) >= 11 is 0. The van der Waals surface area contributed by atoms with E-state index in [1.54, 1.807) is 12.1 Å². The number of piperidine rings is 1. The quantitative estimate of drug-likeness (QED) is 0.625. The fraction of sp³-hybridized carbons (Fsp3) is 0.348. The molecule has 2 N–H and O–H groups in total. The molecule has 1 fully saturated rings. The number of aromatic hydroxyl groups is 1. The molecule has 0 unspecified atom stereocenters. The second kappa shape index (κ2) is 7.41. The molecule has 2 atom stereocenters. The lowest BCUT2D eigenvalue weighted by Gasteiger charge is -2.40. The summed E-state index contributed by atoms with van der Waals surface area (Å²) in [5.41, 5.74) is 3.09. The number of ether oxygens (including phenoxy) is 2. The van der Waals surface area contributed by atoms with Crippen LogP contribution in [-0.2, 0) is 9.53 Å². The van der Waals surface area contributed by atoms with Crippen molar-refractivity contribution >= 4 is 11.5 Å². The van der Waals surface area contributed by atoms with Gasteiger partial charge in [0.2, 0.25) is 0 Å². The van der Waals surface area contributed by atoms with E-state index in [9.17, 15) is 9.90 Å². The molecule has 0 aliphatic carbocycles. The van der Waals surface area contributed by atoms with Crippen LogP contribution in [0.3, 0.4) is 0 Å². The summed E-state index contributed by atoms with van der Waals surface area (Å²) in [6, 6.07) is 13.6. The monoisotopic (exact) mass is 379 g/mol. The standard InChI is InChI=1S/C23H25NO4/c1-15-20(28-16(2)25)10-9-19(26)21(15)18-13-23(27-14-18)11-6-12-24-22(23)17-7-4-3-5-8-17/h3-5,7-10,13,22,24,26H,6,11-12,14H2,1-2H3/t22-,23+/m0/s1. The lowest BCUT2D eigenvalue weighted by atomic mass is 9.81. The minimum atomic E-state index is -0.453. The molecule has 2 aromatic rings. The molecular formula is C23H25NO4. The van der Waals surface area contributed by atoms with Crippen LogP contribution in [0.1, 0.15) is 42.5 Å². The largest absolute Gasteiger partial charge is 0.507 e. The average molecular weight is 379 g/mol. The highest BCUT2D eigenvalue weighted by atomic mass is 16.5. The first-order valence-electron chi connectivity index (χ1n) is 9.65. The maximum atomic E-state index is 11.4. The number of rotatable bonds is 3. The van der Waals surface area contributed by atoms with E-state index >= 15 is 0 Å². The van der Waals surface area contributed by atoms with E-state index in [0.29, 0.717) is 17.9 Å². The summed E-state index contributed by atoms with van der Waals surface area (Å²) in [7, 11) is 0. The number of esters is 1. The third-order valence-electron chi connectivity index (χ3n) is 5.60. The molecule has 28 heavy (non-hydrogen) atoms. The summed E-state index contributed by atoms with van der Waals surface area (Å²) in [6.07, 6.45) is 4.08. The summed E-state index contributed by atoms with van der Waals surface area (Å²) in [6.45, 7) is 4.58. The molecule has 1 saturated heterocycles. The molecule has 0 amide bonds. The van der Waals surface area contributed by atoms with Gasteiger partial charge in [-0.15, -0.1) is 0 Å². The summed E-state index contributed by atoms with van der Waals surface area (Å²) in [5.74, 6) is 0.248. The second-order valence-corrected chi connectivity index (χ2v) is 7.49. The van der Waals surface area contributed by atoms with Crippen molar-refractivity contribution in [1.29, 1.82) is 0 Å². The molecule has 2 heterocycles. The van der Waals surface area contributed by atoms with Crippen LogP contribution in [0, 0.1) is 6.92 Å². The average Bonchev–Trinajstić information content (AvgIpc) is 3.09. The Morgan fingerprint density at radius 3 is 2.79 bits per heavy atom. The predicted octanol–water partition coefficient (Wildman–Crippen LogP) is 3.90. The number of hydrogen-bond acceptors (Lipinski definition) is 5. The fourth-order valence-electron chi connectivity index (χ4n) is 4.37. The van der Waals surface area contributed by atoms with Gasteiger partial charge in [0, 0.05) is 18.1 Å². The molecule has 2 aromatic carbocycles. The molecule has 0 aromatic heterocycles. The highest BCUT2D eigenvalue weighted by Crippen LogP contribution is 2.46. The van der Waals surface area contributed by atoms with Gasteiger partial charge in [0.1, 0.15) is 17.1 Å². The fourth-order valence-corrected chi connectivity index (χ4v) is 4.37. The van der Waals surface area contributed by atoms with Crippen molar-refractivity contribution < 1.29 is 19.4 Å². The van der Waals surface area contributed by atoms with E-state index in [4.69, 9.17) is 9.47 Å². The Hall–Kier alpha value is -2.63. The number of hydrogen-bond donors (Lipinski definition) is 2. The maximum Gasteiger partial charge on any atom is 0.308 e. The number of nitrogens with one attached hydrogen (secondary N) is 1. The topological polar surface area (TPSA) is 67.8 Å². The third kappa shape index (κ3) is 3.32. The lowest BCUT2D eigenvalue weighted by Crippen LogP contribution is -2.47. The highest BCUT2D eigenvalue weighted by molar-refractivity contribution is 5.79. The zero-order chi connectivity index (χ0) is 19.7. The van der Waals surface area contributed by atoms with Crippen LogP contribution in [0.2, 0.25) is 0 Å². The normalized spacial score (nSPS) is 24.2. The van der Waals surface area contributed by atoms with Gasteiger partial charge in [-0.1, -0.05) is 30.3 Å². The Bertz CT molecular complexity index is 922. The Kier molecular flexibility index (Phi) is 4.96. The SMILES string of the molecule is CC(=O)Oc1ccc(O)c(C2=C[C@@]3(CCCN[C@H]3c3ccccc3)OC2)c1C. The Balaban J connectivity index is 1.75. The van der Waals surface area contributed by atoms with Crippen molar-refractivity contribution in [3.8, 4) is 11.5 Å². The zero-order valence-corrected chi connectivity index (χ0v) is 16.2. The summed E-state index contributed by atoms with van der Waals surface area (Å²) in [5, 5.41) is 14.1. The van der Waals surface area contributed by atoms with E-state index < -0.39 is 5.60 Å². The Labute approximate surface area is 165 Å². The molecule has 2 aliphatic rings. The van der Waals surface area contributed by atoms with Gasteiger partial charge >= 0.3 is 5.97 Å². The first kappa shape index (κ1) is 18.7. The van der Waals surface area contributed by atoms with E-state index in [2.05, 4.69) is 23.5 Å². The van der Waals surface area contributed by atoms with Crippen molar-refractivity contribution in [2.24, 2.45) is 0 Å². The molecule has 1 spiro atoms. The molecule has 5 heteroatoms. The summed E-state index contributed by atoms with van der Waals surface area (Å²) < 4.78 is 11.7. The van der Waals surface area contributed by atoms with E-state index in [1.165, 1.54) is 12.5 Å². The molecule has 2 aliphatic heterocycles. The van der Waals surface area contributed by atoms with Gasteiger partial charge < -0.3 is 19.9 Å². The van der Waals surface area contributed by atoms with Crippen LogP contribution in [0.25, 0.3) is 5.57 Å². The van der Waals surface area contributed by atoms with E-state index in [0.717, 1.165) is 30.5 Å². The van der Waals surface area contributed by atoms with Gasteiger partial charge in [-0.05, 0) is 55.7 Å². The van der Waals surface area contributed by atoms with Gasteiger partial charge in [-0.3, -0.25) is 4.79 Å². The minimum absolute atomic E-state index is 0.0547. The summed E-state index contributed by atoms with van der Waals surface area (Å²) in [4.78, 5) is 11.4. The van der Waals surface area contributed by atoms with Crippen molar-refractivity contribution in [3.63, 3.8) is 0 Å². The molecule has 0 bridgehead atoms. The third-order valence-corrected chi connectivity index (χ3v) is 5.60. The van der Waals surface area contributed by atoms with Gasteiger partial charge in [-0.2, -0.15) is 0 Å². The van der Waals surface area contributed by atoms with Crippen molar-refractivity contribution in [2.75, 3.05) is 13.2 Å². The van der Waals surface area contributed by atoms with Crippen LogP contribution >= 0.6 is 0 Å². The number of phenols is 1. The van der Waals surface area contributed by atoms with Crippen molar-refractivity contribution in [3.05, 3.63) is 65.2 Å². The maximum absolute atomic E-state index is 11.4. The Morgan fingerprint density at radius 2 is 2.04 bits per heavy atom. The van der Waals surface area contributed by atoms with Crippen LogP contribution in [0.4, 0.5) is 0 Å². The van der Waals surface area contributed by atoms with Crippen molar-refractivity contribution in [2.45, 2.75) is 38.3 Å². The Morgan fingerprint density at radius 1 is 1.25 bits per heavy atom. The number of carbonyl (C=O) groups is 1. The smallest absolute Gasteiger partial charge is 0.308 e. The van der Waals surface area contributed by atoms with Crippen LogP contribution in [0.5, 0.6) is 11.5 Å². The van der Waals surface area contributed by atoms with Crippen LogP contribution < -0.4 is 10.1 Å².